The smallest absolute Gasteiger partial charge is 0.126 e. The van der Waals surface area contributed by atoms with Crippen molar-refractivity contribution in [2.45, 2.75) is 70.9 Å². The summed E-state index contributed by atoms with van der Waals surface area (Å²) in [5.74, 6) is 0.877. The number of benzene rings is 1. The van der Waals surface area contributed by atoms with Gasteiger partial charge >= 0.3 is 0 Å². The Balaban J connectivity index is 1.52. The van der Waals surface area contributed by atoms with E-state index in [9.17, 15) is 5.26 Å². The number of rotatable bonds is 9. The lowest BCUT2D eigenvalue weighted by Crippen LogP contribution is -2.36. The Morgan fingerprint density at radius 1 is 1.11 bits per heavy atom. The van der Waals surface area contributed by atoms with Gasteiger partial charge in [-0.3, -0.25) is 0 Å². The van der Waals surface area contributed by atoms with Crippen LogP contribution in [0.25, 0.3) is 11.1 Å². The summed E-state index contributed by atoms with van der Waals surface area (Å²) in [5.41, 5.74) is 4.00. The fourth-order valence-corrected chi connectivity index (χ4v) is 5.61. The Morgan fingerprint density at radius 2 is 1.86 bits per heavy atom. The van der Waals surface area contributed by atoms with Gasteiger partial charge in [0.15, 0.2) is 0 Å². The number of nitrogens with one attached hydrogen (secondary N) is 3. The van der Waals surface area contributed by atoms with Crippen molar-refractivity contribution >= 4 is 23.1 Å². The number of ether oxygens (including phenoxy) is 1. The summed E-state index contributed by atoms with van der Waals surface area (Å²) in [4.78, 5) is 4.59. The van der Waals surface area contributed by atoms with Crippen LogP contribution >= 0.6 is 11.6 Å². The van der Waals surface area contributed by atoms with Crippen molar-refractivity contribution in [3.63, 3.8) is 0 Å². The van der Waals surface area contributed by atoms with E-state index >= 15 is 0 Å². The van der Waals surface area contributed by atoms with E-state index in [1.54, 1.807) is 6.20 Å². The molecule has 1 aromatic carbocycles. The maximum atomic E-state index is 9.84. The molecule has 6 nitrogen and oxygen atoms in total. The van der Waals surface area contributed by atoms with E-state index in [0.29, 0.717) is 36.9 Å². The summed E-state index contributed by atoms with van der Waals surface area (Å²) in [7, 11) is 0. The van der Waals surface area contributed by atoms with Crippen molar-refractivity contribution in [1.82, 2.24) is 10.3 Å². The molecule has 35 heavy (non-hydrogen) atoms. The van der Waals surface area contributed by atoms with Crippen LogP contribution in [0.4, 0.5) is 11.5 Å². The second-order valence-electron chi connectivity index (χ2n) is 9.84. The third-order valence-corrected chi connectivity index (χ3v) is 7.85. The van der Waals surface area contributed by atoms with Crippen molar-refractivity contribution in [2.24, 2.45) is 5.41 Å². The molecule has 3 N–H and O–H groups in total. The molecule has 4 rings (SSSR count). The van der Waals surface area contributed by atoms with E-state index in [0.717, 1.165) is 61.3 Å². The maximum Gasteiger partial charge on any atom is 0.126 e. The van der Waals surface area contributed by atoms with E-state index in [1.807, 2.05) is 0 Å². The molecule has 0 unspecified atom stereocenters. The zero-order chi connectivity index (χ0) is 24.7. The van der Waals surface area contributed by atoms with Crippen LogP contribution in [0.15, 0.2) is 30.5 Å². The molecule has 1 aliphatic carbocycles. The molecular weight excluding hydrogens is 458 g/mol. The van der Waals surface area contributed by atoms with Crippen molar-refractivity contribution in [3.8, 4) is 17.2 Å². The average Bonchev–Trinajstić information content (AvgIpc) is 2.90. The second-order valence-corrected chi connectivity index (χ2v) is 10.3. The van der Waals surface area contributed by atoms with Gasteiger partial charge in [-0.1, -0.05) is 37.6 Å². The van der Waals surface area contributed by atoms with Gasteiger partial charge in [0.1, 0.15) is 5.82 Å². The highest BCUT2D eigenvalue weighted by atomic mass is 35.5. The van der Waals surface area contributed by atoms with Gasteiger partial charge in [-0.15, -0.1) is 0 Å². The Bertz CT molecular complexity index is 1020. The summed E-state index contributed by atoms with van der Waals surface area (Å²) in [6, 6.07) is 12.0. The molecule has 0 amide bonds. The van der Waals surface area contributed by atoms with E-state index in [4.69, 9.17) is 16.3 Å². The number of nitriles is 1. The lowest BCUT2D eigenvalue weighted by molar-refractivity contribution is 0.0456. The molecule has 2 aromatic rings. The van der Waals surface area contributed by atoms with Gasteiger partial charge < -0.3 is 20.7 Å². The Hall–Kier alpha value is -2.33. The molecule has 2 fully saturated rings. The minimum absolute atomic E-state index is 0.379. The highest BCUT2D eigenvalue weighted by Crippen LogP contribution is 2.37. The van der Waals surface area contributed by atoms with Gasteiger partial charge in [-0.25, -0.2) is 4.98 Å². The summed E-state index contributed by atoms with van der Waals surface area (Å²) in [6.07, 6.45) is 8.81. The van der Waals surface area contributed by atoms with Crippen LogP contribution in [0.2, 0.25) is 5.02 Å². The van der Waals surface area contributed by atoms with Gasteiger partial charge in [0.05, 0.1) is 16.5 Å². The first-order valence-corrected chi connectivity index (χ1v) is 13.5. The van der Waals surface area contributed by atoms with Crippen LogP contribution in [-0.4, -0.2) is 43.4 Å². The van der Waals surface area contributed by atoms with E-state index in [2.05, 4.69) is 65.1 Å². The summed E-state index contributed by atoms with van der Waals surface area (Å²) < 4.78 is 5.49. The average molecular weight is 496 g/mol. The molecule has 0 radical (unpaired) electrons. The first kappa shape index (κ1) is 25.8. The molecule has 0 atom stereocenters. The Morgan fingerprint density at radius 3 is 2.54 bits per heavy atom. The molecule has 2 aliphatic rings. The number of hydrogen-bond donors (Lipinski definition) is 3. The monoisotopic (exact) mass is 495 g/mol. The third kappa shape index (κ3) is 6.27. The first-order chi connectivity index (χ1) is 17.1. The number of nitrogens with zero attached hydrogens (tertiary/aromatic N) is 2. The van der Waals surface area contributed by atoms with Crippen molar-refractivity contribution < 1.29 is 4.74 Å². The molecule has 188 valence electrons. The predicted octanol–water partition coefficient (Wildman–Crippen LogP) is 6.03. The summed E-state index contributed by atoms with van der Waals surface area (Å²) >= 11 is 6.68. The lowest BCUT2D eigenvalue weighted by Gasteiger charge is -2.31. The molecule has 1 saturated heterocycles. The third-order valence-electron chi connectivity index (χ3n) is 7.55. The standard InChI is InChI=1S/C28H38ClN5O/c1-3-22-23(6-5-7-26(22)33-19-28(18-30)12-14-35-15-13-28)24-16-27(32-17-25(24)29)34-21-10-8-20(9-11-21)31-4-2/h5-7,16-17,20-21,31,33H,3-4,8-15,19H2,1-2H3,(H,32,34). The lowest BCUT2D eigenvalue weighted by atomic mass is 9.81. The number of pyridine rings is 1. The number of hydrogen-bond acceptors (Lipinski definition) is 6. The molecule has 2 heterocycles. The van der Waals surface area contributed by atoms with Crippen molar-refractivity contribution in [3.05, 3.63) is 41.0 Å². The second kappa shape index (κ2) is 12.1. The van der Waals surface area contributed by atoms with Gasteiger partial charge in [-0.2, -0.15) is 5.26 Å². The molecule has 7 heteroatoms. The van der Waals surface area contributed by atoms with Gasteiger partial charge in [0.2, 0.25) is 0 Å². The Kier molecular flexibility index (Phi) is 8.89. The minimum Gasteiger partial charge on any atom is -0.383 e. The van der Waals surface area contributed by atoms with Crippen LogP contribution < -0.4 is 16.0 Å². The zero-order valence-electron chi connectivity index (χ0n) is 21.0. The first-order valence-electron chi connectivity index (χ1n) is 13.1. The van der Waals surface area contributed by atoms with Crippen molar-refractivity contribution in [1.29, 1.82) is 5.26 Å². The normalized spacial score (nSPS) is 21.8. The number of anilines is 2. The molecular formula is C28H38ClN5O. The SMILES string of the molecule is CCNC1CCC(Nc2cc(-c3cccc(NCC4(C#N)CCOCC4)c3CC)c(Cl)cn2)CC1. The highest BCUT2D eigenvalue weighted by Gasteiger charge is 2.32. The minimum atomic E-state index is -0.379. The van der Waals surface area contributed by atoms with Crippen LogP contribution in [-0.2, 0) is 11.2 Å². The topological polar surface area (TPSA) is 82.0 Å². The molecule has 1 aliphatic heterocycles. The summed E-state index contributed by atoms with van der Waals surface area (Å²) in [6.45, 7) is 7.28. The number of aromatic nitrogens is 1. The van der Waals surface area contributed by atoms with Crippen molar-refractivity contribution in [2.75, 3.05) is 36.9 Å². The van der Waals surface area contributed by atoms with E-state index in [-0.39, 0.29) is 5.41 Å². The Labute approximate surface area is 214 Å². The fraction of sp³-hybridized carbons (Fsp3) is 0.571. The molecule has 0 bridgehead atoms. The maximum absolute atomic E-state index is 9.84. The van der Waals surface area contributed by atoms with Gasteiger partial charge in [0, 0.05) is 49.3 Å². The van der Waals surface area contributed by atoms with E-state index in [1.165, 1.54) is 18.4 Å². The van der Waals surface area contributed by atoms with Gasteiger partial charge in [0.25, 0.3) is 0 Å². The van der Waals surface area contributed by atoms with Crippen LogP contribution in [0.3, 0.4) is 0 Å². The van der Waals surface area contributed by atoms with Crippen LogP contribution in [0.5, 0.6) is 0 Å². The summed E-state index contributed by atoms with van der Waals surface area (Å²) in [5, 5.41) is 21.3. The van der Waals surface area contributed by atoms with E-state index < -0.39 is 0 Å². The fourth-order valence-electron chi connectivity index (χ4n) is 5.40. The highest BCUT2D eigenvalue weighted by molar-refractivity contribution is 6.33. The predicted molar refractivity (Wildman–Crippen MR) is 144 cm³/mol. The zero-order valence-corrected chi connectivity index (χ0v) is 21.8. The molecule has 1 aromatic heterocycles. The largest absolute Gasteiger partial charge is 0.383 e. The number of halogens is 1. The molecule has 1 saturated carbocycles. The van der Waals surface area contributed by atoms with Gasteiger partial charge in [-0.05, 0) is 74.8 Å². The van der Waals surface area contributed by atoms with Crippen LogP contribution in [0.1, 0.15) is 57.9 Å². The molecule has 0 spiro atoms. The van der Waals surface area contributed by atoms with Crippen LogP contribution in [0, 0.1) is 16.7 Å². The quantitative estimate of drug-likeness (QED) is 0.394.